The topological polar surface area (TPSA) is 29.1 Å². The third-order valence-electron chi connectivity index (χ3n) is 3.07. The lowest BCUT2D eigenvalue weighted by Crippen LogP contribution is -2.22. The zero-order valence-corrected chi connectivity index (χ0v) is 11.3. The Morgan fingerprint density at radius 2 is 2.39 bits per heavy atom. The average molecular weight is 261 g/mol. The third-order valence-corrected chi connectivity index (χ3v) is 3.91. The van der Waals surface area contributed by atoms with E-state index in [-0.39, 0.29) is 5.91 Å². The fourth-order valence-electron chi connectivity index (χ4n) is 2.08. The number of carbonyl (C=O) groups is 1. The van der Waals surface area contributed by atoms with E-state index in [9.17, 15) is 4.79 Å². The van der Waals surface area contributed by atoms with Crippen LogP contribution >= 0.6 is 11.3 Å². The van der Waals surface area contributed by atoms with Gasteiger partial charge in [-0.05, 0) is 49.6 Å². The van der Waals surface area contributed by atoms with Gasteiger partial charge in [0.2, 0.25) is 5.91 Å². The van der Waals surface area contributed by atoms with Gasteiger partial charge in [0.05, 0.1) is 0 Å². The average Bonchev–Trinajstić information content (AvgIpc) is 2.91. The summed E-state index contributed by atoms with van der Waals surface area (Å²) in [7, 11) is 0. The first-order valence-electron chi connectivity index (χ1n) is 6.52. The van der Waals surface area contributed by atoms with E-state index in [0.717, 1.165) is 17.8 Å². The van der Waals surface area contributed by atoms with Gasteiger partial charge in [0.25, 0.3) is 0 Å². The summed E-state index contributed by atoms with van der Waals surface area (Å²) in [6.07, 6.45) is 11.8. The summed E-state index contributed by atoms with van der Waals surface area (Å²) in [6.45, 7) is 0.749. The predicted octanol–water partition coefficient (Wildman–Crippen LogP) is 3.77. The Morgan fingerprint density at radius 3 is 3.11 bits per heavy atom. The van der Waals surface area contributed by atoms with Crippen molar-refractivity contribution in [3.8, 4) is 0 Å². The summed E-state index contributed by atoms with van der Waals surface area (Å²) in [5.41, 5.74) is 1.50. The van der Waals surface area contributed by atoms with Crippen molar-refractivity contribution in [2.45, 2.75) is 32.1 Å². The molecule has 0 bridgehead atoms. The Hall–Kier alpha value is -1.35. The molecule has 2 nitrogen and oxygen atoms in total. The summed E-state index contributed by atoms with van der Waals surface area (Å²) < 4.78 is 0. The molecule has 0 spiro atoms. The SMILES string of the molecule is O=C(C=Cc1cccs1)NCCC1=CCCCC1. The first kappa shape index (κ1) is 13.1. The van der Waals surface area contributed by atoms with Crippen LogP contribution in [0.5, 0.6) is 0 Å². The van der Waals surface area contributed by atoms with E-state index in [2.05, 4.69) is 11.4 Å². The van der Waals surface area contributed by atoms with Crippen LogP contribution in [0.4, 0.5) is 0 Å². The standard InChI is InChI=1S/C15H19NOS/c17-15(9-8-14-7-4-12-18-14)16-11-10-13-5-2-1-3-6-13/h4-5,7-9,12H,1-3,6,10-11H2,(H,16,17). The van der Waals surface area contributed by atoms with E-state index in [4.69, 9.17) is 0 Å². The number of carbonyl (C=O) groups excluding carboxylic acids is 1. The number of hydrogen-bond donors (Lipinski definition) is 1. The molecule has 0 saturated heterocycles. The van der Waals surface area contributed by atoms with Gasteiger partial charge in [-0.1, -0.05) is 17.7 Å². The minimum Gasteiger partial charge on any atom is -0.352 e. The largest absolute Gasteiger partial charge is 0.352 e. The number of allylic oxidation sites excluding steroid dienone is 1. The number of rotatable bonds is 5. The molecule has 96 valence electrons. The first-order valence-corrected chi connectivity index (χ1v) is 7.40. The van der Waals surface area contributed by atoms with Crippen LogP contribution in [0.25, 0.3) is 6.08 Å². The fraction of sp³-hybridized carbons (Fsp3) is 0.400. The van der Waals surface area contributed by atoms with Gasteiger partial charge in [0, 0.05) is 17.5 Å². The van der Waals surface area contributed by atoms with Crippen LogP contribution < -0.4 is 5.32 Å². The molecule has 1 N–H and O–H groups in total. The second-order valence-electron chi connectivity index (χ2n) is 4.50. The Balaban J connectivity index is 1.67. The van der Waals surface area contributed by atoms with Crippen molar-refractivity contribution in [3.05, 3.63) is 40.1 Å². The minimum atomic E-state index is -0.000176. The Bertz CT molecular complexity index is 431. The van der Waals surface area contributed by atoms with E-state index < -0.39 is 0 Å². The Kier molecular flexibility index (Phi) is 5.21. The van der Waals surface area contributed by atoms with Crippen LogP contribution in [0, 0.1) is 0 Å². The van der Waals surface area contributed by atoms with Crippen LogP contribution in [0.3, 0.4) is 0 Å². The molecule has 0 saturated carbocycles. The molecule has 1 amide bonds. The smallest absolute Gasteiger partial charge is 0.244 e. The highest BCUT2D eigenvalue weighted by Crippen LogP contribution is 2.19. The van der Waals surface area contributed by atoms with Crippen LogP contribution in [0.15, 0.2) is 35.2 Å². The molecular formula is C15H19NOS. The summed E-state index contributed by atoms with van der Waals surface area (Å²) in [4.78, 5) is 12.7. The molecule has 0 aromatic carbocycles. The van der Waals surface area contributed by atoms with Crippen molar-refractivity contribution < 1.29 is 4.79 Å². The van der Waals surface area contributed by atoms with E-state index in [1.165, 1.54) is 31.3 Å². The van der Waals surface area contributed by atoms with Crippen molar-refractivity contribution in [1.82, 2.24) is 5.32 Å². The molecule has 0 radical (unpaired) electrons. The number of nitrogens with one attached hydrogen (secondary N) is 1. The van der Waals surface area contributed by atoms with E-state index in [0.29, 0.717) is 0 Å². The van der Waals surface area contributed by atoms with Gasteiger partial charge in [-0.15, -0.1) is 11.3 Å². The van der Waals surface area contributed by atoms with Crippen molar-refractivity contribution >= 4 is 23.3 Å². The maximum absolute atomic E-state index is 11.6. The maximum atomic E-state index is 11.6. The molecule has 1 aliphatic rings. The molecule has 1 aromatic heterocycles. The van der Waals surface area contributed by atoms with Crippen molar-refractivity contribution in [2.24, 2.45) is 0 Å². The van der Waals surface area contributed by atoms with E-state index in [1.807, 2.05) is 23.6 Å². The highest BCUT2D eigenvalue weighted by atomic mass is 32.1. The number of hydrogen-bond acceptors (Lipinski definition) is 2. The second kappa shape index (κ2) is 7.17. The summed E-state index contributed by atoms with van der Waals surface area (Å²) in [6, 6.07) is 3.99. The van der Waals surface area contributed by atoms with E-state index in [1.54, 1.807) is 17.4 Å². The highest BCUT2D eigenvalue weighted by Gasteiger charge is 2.03. The number of thiophene rings is 1. The molecule has 0 aliphatic heterocycles. The quantitative estimate of drug-likeness (QED) is 0.634. The molecule has 1 aromatic rings. The third kappa shape index (κ3) is 4.49. The lowest BCUT2D eigenvalue weighted by molar-refractivity contribution is -0.116. The Morgan fingerprint density at radius 1 is 1.44 bits per heavy atom. The van der Waals surface area contributed by atoms with Gasteiger partial charge in [-0.3, -0.25) is 4.79 Å². The molecule has 0 fully saturated rings. The highest BCUT2D eigenvalue weighted by molar-refractivity contribution is 7.10. The molecule has 0 unspecified atom stereocenters. The summed E-state index contributed by atoms with van der Waals surface area (Å²) >= 11 is 1.64. The van der Waals surface area contributed by atoms with Gasteiger partial charge in [0.1, 0.15) is 0 Å². The van der Waals surface area contributed by atoms with Crippen molar-refractivity contribution in [2.75, 3.05) is 6.54 Å². The Labute approximate surface area is 112 Å². The predicted molar refractivity (Wildman–Crippen MR) is 77.5 cm³/mol. The molecule has 3 heteroatoms. The first-order chi connectivity index (χ1) is 8.84. The molecule has 0 atom stereocenters. The maximum Gasteiger partial charge on any atom is 0.244 e. The normalized spacial score (nSPS) is 15.7. The van der Waals surface area contributed by atoms with Crippen LogP contribution in [0.1, 0.15) is 37.0 Å². The molecule has 1 aliphatic carbocycles. The lowest BCUT2D eigenvalue weighted by Gasteiger charge is -2.12. The second-order valence-corrected chi connectivity index (χ2v) is 5.48. The molecular weight excluding hydrogens is 242 g/mol. The minimum absolute atomic E-state index is 0.000176. The molecule has 18 heavy (non-hydrogen) atoms. The fourth-order valence-corrected chi connectivity index (χ4v) is 2.70. The zero-order chi connectivity index (χ0) is 12.6. The monoisotopic (exact) mass is 261 g/mol. The van der Waals surface area contributed by atoms with Gasteiger partial charge < -0.3 is 5.32 Å². The van der Waals surface area contributed by atoms with Crippen LogP contribution in [-0.4, -0.2) is 12.5 Å². The van der Waals surface area contributed by atoms with Gasteiger partial charge in [-0.2, -0.15) is 0 Å². The molecule has 2 rings (SSSR count). The molecule has 1 heterocycles. The van der Waals surface area contributed by atoms with Crippen molar-refractivity contribution in [1.29, 1.82) is 0 Å². The van der Waals surface area contributed by atoms with Crippen LogP contribution in [-0.2, 0) is 4.79 Å². The van der Waals surface area contributed by atoms with Crippen molar-refractivity contribution in [3.63, 3.8) is 0 Å². The summed E-state index contributed by atoms with van der Waals surface area (Å²) in [5.74, 6) is -0.000176. The zero-order valence-electron chi connectivity index (χ0n) is 10.5. The lowest BCUT2D eigenvalue weighted by atomic mass is 9.97. The van der Waals surface area contributed by atoms with Crippen LogP contribution in [0.2, 0.25) is 0 Å². The van der Waals surface area contributed by atoms with Gasteiger partial charge in [-0.25, -0.2) is 0 Å². The van der Waals surface area contributed by atoms with Gasteiger partial charge >= 0.3 is 0 Å². The summed E-state index contributed by atoms with van der Waals surface area (Å²) in [5, 5.41) is 4.94. The van der Waals surface area contributed by atoms with Gasteiger partial charge in [0.15, 0.2) is 0 Å². The van der Waals surface area contributed by atoms with E-state index >= 15 is 0 Å². The number of amides is 1.